The Hall–Kier alpha value is -2.88. The summed E-state index contributed by atoms with van der Waals surface area (Å²) in [5, 5.41) is 0. The first-order valence-corrected chi connectivity index (χ1v) is 9.29. The van der Waals surface area contributed by atoms with E-state index in [4.69, 9.17) is 8.22 Å². The summed E-state index contributed by atoms with van der Waals surface area (Å²) in [5.41, 5.74) is 7.36. The van der Waals surface area contributed by atoms with E-state index < -0.39 is 13.7 Å². The third-order valence-electron chi connectivity index (χ3n) is 5.61. The molecule has 0 saturated carbocycles. The van der Waals surface area contributed by atoms with Crippen LogP contribution in [-0.2, 0) is 14.1 Å². The summed E-state index contributed by atoms with van der Waals surface area (Å²) in [4.78, 5) is 4.42. The normalized spacial score (nSPS) is 15.6. The van der Waals surface area contributed by atoms with Gasteiger partial charge in [-0.25, -0.2) is 4.98 Å². The van der Waals surface area contributed by atoms with Gasteiger partial charge in [0.2, 0.25) is 17.2 Å². The van der Waals surface area contributed by atoms with Gasteiger partial charge in [-0.3, -0.25) is 4.40 Å². The minimum absolute atomic E-state index is 0.103. The van der Waals surface area contributed by atoms with Crippen molar-refractivity contribution in [2.45, 2.75) is 41.4 Å². The van der Waals surface area contributed by atoms with Crippen LogP contribution in [0.25, 0.3) is 28.4 Å². The van der Waals surface area contributed by atoms with Gasteiger partial charge in [0.1, 0.15) is 12.7 Å². The Bertz CT molecular complexity index is 1440. The molecule has 28 heavy (non-hydrogen) atoms. The second-order valence-electron chi connectivity index (χ2n) is 7.63. The van der Waals surface area contributed by atoms with Crippen LogP contribution >= 0.6 is 0 Å². The summed E-state index contributed by atoms with van der Waals surface area (Å²) in [6.45, 7) is 3.12. The lowest BCUT2D eigenvalue weighted by Gasteiger charge is -2.12. The molecule has 0 unspecified atom stereocenters. The Kier molecular flexibility index (Phi) is 2.84. The van der Waals surface area contributed by atoms with Crippen molar-refractivity contribution in [1.82, 2.24) is 14.0 Å². The van der Waals surface area contributed by atoms with Crippen LogP contribution in [0.5, 0.6) is 0 Å². The number of hydrogen-bond donors (Lipinski definition) is 0. The number of fused-ring (bicyclic) bond motifs is 1. The molecule has 0 amide bonds. The third-order valence-corrected chi connectivity index (χ3v) is 5.61. The average Bonchev–Trinajstić information content (AvgIpc) is 3.19. The predicted molar refractivity (Wildman–Crippen MR) is 115 cm³/mol. The first-order valence-electron chi connectivity index (χ1n) is 12.3. The minimum atomic E-state index is -2.28. The van der Waals surface area contributed by atoms with Crippen molar-refractivity contribution in [2.75, 3.05) is 0 Å². The van der Waals surface area contributed by atoms with Crippen LogP contribution in [0.15, 0.2) is 30.5 Å². The number of benzene rings is 1. The zero-order valence-electron chi connectivity index (χ0n) is 23.2. The number of hydrogen-bond acceptors (Lipinski definition) is 1. The van der Waals surface area contributed by atoms with Gasteiger partial charge in [-0.05, 0) is 69.7 Å². The smallest absolute Gasteiger partial charge is 0.231 e. The maximum absolute atomic E-state index is 7.94. The average molecular weight is 380 g/mol. The van der Waals surface area contributed by atoms with Gasteiger partial charge in [0.05, 0.1) is 5.69 Å². The molecule has 0 aliphatic rings. The third kappa shape index (κ3) is 2.67. The fraction of sp³-hybridized carbons (Fsp3) is 0.333. The molecule has 0 radical (unpaired) electrons. The fourth-order valence-corrected chi connectivity index (χ4v) is 3.87. The van der Waals surface area contributed by atoms with E-state index in [1.54, 1.807) is 13.0 Å². The molecule has 0 fully saturated rings. The number of nitrogens with zero attached hydrogens (tertiary/aromatic N) is 4. The molecule has 1 aromatic carbocycles. The van der Waals surface area contributed by atoms with Crippen molar-refractivity contribution in [3.05, 3.63) is 64.1 Å². The highest BCUT2D eigenvalue weighted by Crippen LogP contribution is 2.28. The lowest BCUT2D eigenvalue weighted by Crippen LogP contribution is -2.35. The molecule has 4 aromatic rings. The second-order valence-corrected chi connectivity index (χ2v) is 7.63. The Morgan fingerprint density at radius 2 is 1.68 bits per heavy atom. The van der Waals surface area contributed by atoms with Crippen LogP contribution in [0.4, 0.5) is 0 Å². The van der Waals surface area contributed by atoms with Gasteiger partial charge < -0.3 is 4.57 Å². The minimum Gasteiger partial charge on any atom is -0.308 e. The zero-order chi connectivity index (χ0) is 25.3. The molecule has 0 aliphatic heterocycles. The topological polar surface area (TPSA) is 26.1 Å². The molecule has 4 nitrogen and oxygen atoms in total. The predicted octanol–water partition coefficient (Wildman–Crippen LogP) is 4.68. The largest absolute Gasteiger partial charge is 0.308 e. The summed E-state index contributed by atoms with van der Waals surface area (Å²) in [5.74, 6) is 0.554. The van der Waals surface area contributed by atoms with Crippen molar-refractivity contribution >= 4 is 5.78 Å². The van der Waals surface area contributed by atoms with Crippen molar-refractivity contribution in [3.8, 4) is 22.6 Å². The molecular formula is C24H29N4+. The molecule has 0 bridgehead atoms. The summed E-state index contributed by atoms with van der Waals surface area (Å²) in [7, 11) is 3.82. The maximum Gasteiger partial charge on any atom is 0.231 e. The van der Waals surface area contributed by atoms with Gasteiger partial charge in [-0.15, -0.1) is 0 Å². The van der Waals surface area contributed by atoms with Gasteiger partial charge in [-0.1, -0.05) is 6.07 Å². The van der Waals surface area contributed by atoms with E-state index in [-0.39, 0.29) is 5.69 Å². The number of aromatic nitrogens is 4. The van der Waals surface area contributed by atoms with E-state index >= 15 is 0 Å². The van der Waals surface area contributed by atoms with Crippen molar-refractivity contribution in [2.24, 2.45) is 14.1 Å². The molecule has 4 rings (SSSR count). The molecule has 0 aliphatic carbocycles. The molecule has 0 atom stereocenters. The van der Waals surface area contributed by atoms with E-state index in [0.29, 0.717) is 17.0 Å². The second kappa shape index (κ2) is 6.33. The van der Waals surface area contributed by atoms with Gasteiger partial charge in [0.15, 0.2) is 0 Å². The molecular weight excluding hydrogens is 344 g/mol. The van der Waals surface area contributed by atoms with Crippen LogP contribution in [0.3, 0.4) is 0 Å². The first kappa shape index (κ1) is 12.6. The van der Waals surface area contributed by atoms with Gasteiger partial charge in [0, 0.05) is 44.9 Å². The SMILES string of the molecule is [2H]C([2H])([2H])c1cc(-c2cc(C)cc(-c3cn4c(C)c(C([2H])([2H])[2H])nc4n3C)[n+]2C)c(C)cc1C. The van der Waals surface area contributed by atoms with Crippen LogP contribution in [0, 0.1) is 41.4 Å². The van der Waals surface area contributed by atoms with Crippen LogP contribution in [0.2, 0.25) is 0 Å². The van der Waals surface area contributed by atoms with Crippen molar-refractivity contribution in [3.63, 3.8) is 0 Å². The van der Waals surface area contributed by atoms with Crippen molar-refractivity contribution in [1.29, 1.82) is 0 Å². The highest BCUT2D eigenvalue weighted by atomic mass is 15.2. The summed E-state index contributed by atoms with van der Waals surface area (Å²) < 4.78 is 52.8. The standard InChI is InChI=1S/C24H29N4/c1-14-9-21(20-12-16(3)15(2)11-17(20)4)26(7)22(10-14)23-13-28-19(6)18(5)25-24(28)27(23)8/h9-13H,1-8H3/q+1/i3D3,5D3. The summed E-state index contributed by atoms with van der Waals surface area (Å²) >= 11 is 0. The first-order chi connectivity index (χ1) is 15.6. The Labute approximate surface area is 175 Å². The van der Waals surface area contributed by atoms with E-state index in [1.165, 1.54) is 0 Å². The summed E-state index contributed by atoms with van der Waals surface area (Å²) in [6, 6.07) is 7.82. The lowest BCUT2D eigenvalue weighted by molar-refractivity contribution is -0.649. The quantitative estimate of drug-likeness (QED) is 0.464. The molecule has 3 aromatic heterocycles. The molecule has 3 heterocycles. The lowest BCUT2D eigenvalue weighted by atomic mass is 9.97. The number of aryl methyl sites for hydroxylation is 7. The number of pyridine rings is 1. The molecule has 144 valence electrons. The Morgan fingerprint density at radius 3 is 2.36 bits per heavy atom. The molecule has 4 heteroatoms. The van der Waals surface area contributed by atoms with E-state index in [0.717, 1.165) is 39.3 Å². The molecule has 0 spiro atoms. The maximum atomic E-state index is 7.94. The monoisotopic (exact) mass is 379 g/mol. The zero-order valence-corrected chi connectivity index (χ0v) is 17.2. The van der Waals surface area contributed by atoms with E-state index in [1.807, 2.05) is 60.7 Å². The van der Waals surface area contributed by atoms with Crippen LogP contribution < -0.4 is 4.57 Å². The van der Waals surface area contributed by atoms with Gasteiger partial charge >= 0.3 is 0 Å². The number of rotatable bonds is 2. The Balaban J connectivity index is 1.96. The van der Waals surface area contributed by atoms with Gasteiger partial charge in [-0.2, -0.15) is 4.57 Å². The van der Waals surface area contributed by atoms with Crippen LogP contribution in [0.1, 0.15) is 41.9 Å². The van der Waals surface area contributed by atoms with E-state index in [9.17, 15) is 0 Å². The fourth-order valence-electron chi connectivity index (χ4n) is 3.87. The number of imidazole rings is 2. The Morgan fingerprint density at radius 1 is 0.929 bits per heavy atom. The van der Waals surface area contributed by atoms with E-state index in [2.05, 4.69) is 17.1 Å². The highest BCUT2D eigenvalue weighted by molar-refractivity contribution is 5.66. The van der Waals surface area contributed by atoms with Crippen molar-refractivity contribution < 1.29 is 12.8 Å². The highest BCUT2D eigenvalue weighted by Gasteiger charge is 2.23. The molecule has 0 N–H and O–H groups in total. The summed E-state index contributed by atoms with van der Waals surface area (Å²) in [6.07, 6.45) is 1.90. The van der Waals surface area contributed by atoms with Gasteiger partial charge in [0.25, 0.3) is 0 Å². The molecule has 0 saturated heterocycles. The van der Waals surface area contributed by atoms with Crippen LogP contribution in [-0.4, -0.2) is 14.0 Å².